The van der Waals surface area contributed by atoms with Crippen LogP contribution in [0.3, 0.4) is 0 Å². The van der Waals surface area contributed by atoms with Crippen molar-refractivity contribution in [3.8, 4) is 0 Å². The van der Waals surface area contributed by atoms with Gasteiger partial charge in [-0.3, -0.25) is 25.0 Å². The van der Waals surface area contributed by atoms with E-state index in [1.54, 1.807) is 12.1 Å². The number of carbonyl (C=O) groups excluding carboxylic acids is 1. The summed E-state index contributed by atoms with van der Waals surface area (Å²) in [4.78, 5) is 30.4. The number of fused-ring (bicyclic) bond motifs is 2. The van der Waals surface area contributed by atoms with E-state index in [1.807, 2.05) is 19.1 Å². The van der Waals surface area contributed by atoms with Crippen LogP contribution in [0.2, 0.25) is 0 Å². The zero-order chi connectivity index (χ0) is 19.5. The molecule has 0 unspecified atom stereocenters. The number of nitrogens with zero attached hydrogens (tertiary/aromatic N) is 2. The van der Waals surface area contributed by atoms with Crippen molar-refractivity contribution in [1.29, 1.82) is 0 Å². The van der Waals surface area contributed by atoms with Crippen LogP contribution in [0, 0.1) is 0 Å². The number of amides is 1. The maximum absolute atomic E-state index is 12.6. The number of benzene rings is 2. The Balaban J connectivity index is 1.41. The number of rotatable bonds is 6. The monoisotopic (exact) mass is 394 g/mol. The summed E-state index contributed by atoms with van der Waals surface area (Å²) >= 11 is 1.50. The Bertz CT molecular complexity index is 1090. The van der Waals surface area contributed by atoms with Crippen molar-refractivity contribution in [2.75, 3.05) is 11.2 Å². The molecule has 0 spiro atoms. The summed E-state index contributed by atoms with van der Waals surface area (Å²) < 4.78 is 1.51. The number of aromatic nitrogens is 2. The average molecular weight is 395 g/mol. The molecule has 0 radical (unpaired) electrons. The Morgan fingerprint density at radius 3 is 2.86 bits per heavy atom. The van der Waals surface area contributed by atoms with Gasteiger partial charge in [0.1, 0.15) is 0 Å². The Morgan fingerprint density at radius 2 is 2.00 bits per heavy atom. The van der Waals surface area contributed by atoms with Crippen molar-refractivity contribution in [3.63, 3.8) is 0 Å². The molecule has 1 aromatic heterocycles. The zero-order valence-corrected chi connectivity index (χ0v) is 16.5. The van der Waals surface area contributed by atoms with Gasteiger partial charge in [0.2, 0.25) is 11.9 Å². The van der Waals surface area contributed by atoms with E-state index >= 15 is 0 Å². The van der Waals surface area contributed by atoms with Gasteiger partial charge in [0, 0.05) is 11.4 Å². The minimum absolute atomic E-state index is 0.127. The van der Waals surface area contributed by atoms with Crippen molar-refractivity contribution < 1.29 is 4.79 Å². The van der Waals surface area contributed by atoms with Crippen LogP contribution in [0.5, 0.6) is 0 Å². The van der Waals surface area contributed by atoms with Gasteiger partial charge in [0.25, 0.3) is 5.56 Å². The Morgan fingerprint density at radius 1 is 1.18 bits per heavy atom. The van der Waals surface area contributed by atoms with Crippen molar-refractivity contribution in [2.45, 2.75) is 37.6 Å². The van der Waals surface area contributed by atoms with Gasteiger partial charge < -0.3 is 0 Å². The van der Waals surface area contributed by atoms with Gasteiger partial charge >= 0.3 is 0 Å². The maximum atomic E-state index is 12.6. The maximum Gasteiger partial charge on any atom is 0.262 e. The van der Waals surface area contributed by atoms with Crippen LogP contribution in [0.4, 0.5) is 5.95 Å². The summed E-state index contributed by atoms with van der Waals surface area (Å²) in [6.45, 7) is 2.33. The number of nitrogens with one attached hydrogen (secondary N) is 2. The van der Waals surface area contributed by atoms with E-state index in [0.717, 1.165) is 17.7 Å². The lowest BCUT2D eigenvalue weighted by atomic mass is 10.1. The second-order valence-corrected chi connectivity index (χ2v) is 7.80. The summed E-state index contributed by atoms with van der Waals surface area (Å²) in [5.74, 6) is 0.452. The summed E-state index contributed by atoms with van der Waals surface area (Å²) in [6, 6.07) is 13.6. The first-order valence-electron chi connectivity index (χ1n) is 9.44. The predicted molar refractivity (Wildman–Crippen MR) is 113 cm³/mol. The van der Waals surface area contributed by atoms with E-state index in [2.05, 4.69) is 34.0 Å². The molecule has 144 valence electrons. The fourth-order valence-electron chi connectivity index (χ4n) is 3.51. The van der Waals surface area contributed by atoms with Crippen LogP contribution in [0.15, 0.2) is 52.2 Å². The number of thioether (sulfide) groups is 1. The van der Waals surface area contributed by atoms with Crippen molar-refractivity contribution in [2.24, 2.45) is 0 Å². The first-order chi connectivity index (χ1) is 13.7. The number of hydrogen-bond acceptors (Lipinski definition) is 5. The van der Waals surface area contributed by atoms with E-state index in [-0.39, 0.29) is 17.2 Å². The fraction of sp³-hybridized carbons (Fsp3) is 0.286. The van der Waals surface area contributed by atoms with E-state index in [9.17, 15) is 9.59 Å². The Hall–Kier alpha value is -2.80. The molecule has 2 N–H and O–H groups in total. The molecule has 0 fully saturated rings. The normalized spacial score (nSPS) is 12.8. The Kier molecular flexibility index (Phi) is 5.34. The summed E-state index contributed by atoms with van der Waals surface area (Å²) in [7, 11) is 0. The molecule has 1 aliphatic carbocycles. The van der Waals surface area contributed by atoms with Gasteiger partial charge in [0.05, 0.1) is 16.7 Å². The molecule has 7 heteroatoms. The molecular formula is C21H22N4O2S. The number of aryl methyl sites for hydroxylation is 2. The molecule has 0 bridgehead atoms. The lowest BCUT2D eigenvalue weighted by Gasteiger charge is -2.14. The average Bonchev–Trinajstić information content (AvgIpc) is 3.19. The molecule has 6 nitrogen and oxygen atoms in total. The highest BCUT2D eigenvalue weighted by molar-refractivity contribution is 8.00. The minimum atomic E-state index is -0.171. The van der Waals surface area contributed by atoms with Gasteiger partial charge in [-0.05, 0) is 61.6 Å². The third kappa shape index (κ3) is 3.75. The quantitative estimate of drug-likeness (QED) is 0.496. The molecule has 28 heavy (non-hydrogen) atoms. The number of para-hydroxylation sites is 1. The smallest absolute Gasteiger partial charge is 0.262 e. The van der Waals surface area contributed by atoms with Crippen LogP contribution in [-0.4, -0.2) is 21.2 Å². The van der Waals surface area contributed by atoms with Crippen LogP contribution in [0.1, 0.15) is 24.5 Å². The molecule has 1 heterocycles. The predicted octanol–water partition coefficient (Wildman–Crippen LogP) is 3.14. The van der Waals surface area contributed by atoms with Crippen LogP contribution < -0.4 is 16.4 Å². The zero-order valence-electron chi connectivity index (χ0n) is 15.7. The highest BCUT2D eigenvalue weighted by Gasteiger charge is 2.13. The third-order valence-electron chi connectivity index (χ3n) is 4.93. The standard InChI is InChI=1S/C21H22N4O2S/c1-2-25-20(27)17-8-3-4-9-18(17)22-21(25)24-23-19(26)13-28-16-11-10-14-6-5-7-15(14)12-16/h3-4,8-12H,2,5-7,13H2,1H3,(H,22,24)(H,23,26). The largest absolute Gasteiger partial charge is 0.277 e. The summed E-state index contributed by atoms with van der Waals surface area (Å²) in [6.07, 6.45) is 3.49. The van der Waals surface area contributed by atoms with E-state index in [0.29, 0.717) is 23.4 Å². The van der Waals surface area contributed by atoms with Crippen LogP contribution in [0.25, 0.3) is 10.9 Å². The molecule has 2 aromatic carbocycles. The highest BCUT2D eigenvalue weighted by atomic mass is 32.2. The van der Waals surface area contributed by atoms with E-state index in [1.165, 1.54) is 33.9 Å². The van der Waals surface area contributed by atoms with E-state index in [4.69, 9.17) is 0 Å². The molecular weight excluding hydrogens is 372 g/mol. The van der Waals surface area contributed by atoms with Crippen molar-refractivity contribution in [1.82, 2.24) is 15.0 Å². The SMILES string of the molecule is CCn1c(NNC(=O)CSc2ccc3c(c2)CCC3)nc2ccccc2c1=O. The number of anilines is 1. The Labute approximate surface area is 167 Å². The fourth-order valence-corrected chi connectivity index (χ4v) is 4.27. The third-order valence-corrected chi connectivity index (χ3v) is 5.93. The topological polar surface area (TPSA) is 76.0 Å². The van der Waals surface area contributed by atoms with Gasteiger partial charge in [0.15, 0.2) is 0 Å². The van der Waals surface area contributed by atoms with Gasteiger partial charge in [-0.2, -0.15) is 0 Å². The van der Waals surface area contributed by atoms with Crippen LogP contribution >= 0.6 is 11.8 Å². The molecule has 4 rings (SSSR count). The molecule has 0 saturated heterocycles. The number of carbonyl (C=O) groups is 1. The molecule has 0 saturated carbocycles. The number of hydrazine groups is 1. The van der Waals surface area contributed by atoms with Crippen molar-refractivity contribution >= 4 is 34.5 Å². The van der Waals surface area contributed by atoms with Crippen LogP contribution in [-0.2, 0) is 24.2 Å². The summed E-state index contributed by atoms with van der Waals surface area (Å²) in [5, 5.41) is 0.563. The van der Waals surface area contributed by atoms with Gasteiger partial charge in [-0.1, -0.05) is 18.2 Å². The summed E-state index contributed by atoms with van der Waals surface area (Å²) in [5.41, 5.74) is 8.77. The first kappa shape index (κ1) is 18.6. The lowest BCUT2D eigenvalue weighted by Crippen LogP contribution is -2.35. The second kappa shape index (κ2) is 8.06. The molecule has 3 aromatic rings. The molecule has 1 amide bonds. The minimum Gasteiger partial charge on any atom is -0.277 e. The van der Waals surface area contributed by atoms with Crippen molar-refractivity contribution in [3.05, 3.63) is 63.9 Å². The van der Waals surface area contributed by atoms with Gasteiger partial charge in [-0.15, -0.1) is 11.8 Å². The van der Waals surface area contributed by atoms with E-state index < -0.39 is 0 Å². The lowest BCUT2D eigenvalue weighted by molar-refractivity contribution is -0.118. The number of hydrogen-bond donors (Lipinski definition) is 2. The second-order valence-electron chi connectivity index (χ2n) is 6.75. The molecule has 1 aliphatic rings. The molecule has 0 atom stereocenters. The highest BCUT2D eigenvalue weighted by Crippen LogP contribution is 2.27. The van der Waals surface area contributed by atoms with Gasteiger partial charge in [-0.25, -0.2) is 4.98 Å². The first-order valence-corrected chi connectivity index (χ1v) is 10.4. The molecule has 0 aliphatic heterocycles.